The van der Waals surface area contributed by atoms with Crippen LogP contribution >= 0.6 is 0 Å². The van der Waals surface area contributed by atoms with Crippen molar-refractivity contribution >= 4 is 21.8 Å². The van der Waals surface area contributed by atoms with E-state index in [4.69, 9.17) is 5.73 Å². The minimum atomic E-state index is -0.128. The molecule has 2 aliphatic heterocycles. The van der Waals surface area contributed by atoms with Crippen LogP contribution in [0.5, 0.6) is 0 Å². The molecule has 328 valence electrons. The summed E-state index contributed by atoms with van der Waals surface area (Å²) >= 11 is 0. The summed E-state index contributed by atoms with van der Waals surface area (Å²) in [4.78, 5) is 16.4. The van der Waals surface area contributed by atoms with Crippen LogP contribution in [0.1, 0.15) is 129 Å². The minimum Gasteiger partial charge on any atom is -0.357 e. The fourth-order valence-electron chi connectivity index (χ4n) is 12.1. The van der Waals surface area contributed by atoms with Crippen LogP contribution in [0.3, 0.4) is 0 Å². The average Bonchev–Trinajstić information content (AvgIpc) is 3.89. The molecule has 0 bridgehead atoms. The zero-order valence-electron chi connectivity index (χ0n) is 38.3. The highest BCUT2D eigenvalue weighted by Gasteiger charge is 2.49. The van der Waals surface area contributed by atoms with Crippen molar-refractivity contribution in [1.82, 2.24) is 24.7 Å². The summed E-state index contributed by atoms with van der Waals surface area (Å²) in [6.07, 6.45) is 19.6. The van der Waals surface area contributed by atoms with E-state index in [0.29, 0.717) is 6.04 Å². The van der Waals surface area contributed by atoms with E-state index in [1.54, 1.807) is 0 Å². The molecule has 2 saturated carbocycles. The number of benzene rings is 4. The molecule has 0 saturated heterocycles. The lowest BCUT2D eigenvalue weighted by atomic mass is 9.61. The maximum Gasteiger partial charge on any atom is 0.0511 e. The second kappa shape index (κ2) is 19.3. The van der Waals surface area contributed by atoms with Gasteiger partial charge in [-0.25, -0.2) is 0 Å². The summed E-state index contributed by atoms with van der Waals surface area (Å²) < 4.78 is 0. The summed E-state index contributed by atoms with van der Waals surface area (Å²) in [6.45, 7) is 8.88. The quantitative estimate of drug-likeness (QED) is 0.115. The zero-order chi connectivity index (χ0) is 42.5. The van der Waals surface area contributed by atoms with Crippen LogP contribution in [0.15, 0.2) is 97.1 Å². The van der Waals surface area contributed by atoms with E-state index in [1.807, 2.05) is 0 Å². The molecule has 4 aromatic carbocycles. The van der Waals surface area contributed by atoms with Gasteiger partial charge in [0.2, 0.25) is 0 Å². The first-order chi connectivity index (χ1) is 30.4. The predicted octanol–water partition coefficient (Wildman–Crippen LogP) is 11.5. The number of nitrogens with two attached hydrogens (primary N) is 1. The van der Waals surface area contributed by atoms with Crippen LogP contribution in [0.4, 0.5) is 0 Å². The number of aromatic amines is 2. The fourth-order valence-corrected chi connectivity index (χ4v) is 12.1. The number of H-pyrrole nitrogens is 2. The Labute approximate surface area is 372 Å². The smallest absolute Gasteiger partial charge is 0.0511 e. The third-order valence-corrected chi connectivity index (χ3v) is 16.0. The molecule has 10 rings (SSSR count). The number of nitrogens with zero attached hydrogens (tertiary/aromatic N) is 3. The van der Waals surface area contributed by atoms with Gasteiger partial charge >= 0.3 is 0 Å². The number of rotatable bonds is 12. The molecule has 0 amide bonds. The third-order valence-electron chi connectivity index (χ3n) is 16.0. The largest absolute Gasteiger partial charge is 0.357 e. The molecule has 0 spiro atoms. The molecule has 6 nitrogen and oxygen atoms in total. The molecule has 0 unspecified atom stereocenters. The van der Waals surface area contributed by atoms with Crippen molar-refractivity contribution in [3.05, 3.63) is 142 Å². The topological polar surface area (TPSA) is 67.3 Å². The van der Waals surface area contributed by atoms with Gasteiger partial charge in [-0.3, -0.25) is 9.80 Å². The molecule has 4 N–H and O–H groups in total. The molecule has 4 heterocycles. The normalized spacial score (nSPS) is 19.3. The molecule has 4 aliphatic rings. The van der Waals surface area contributed by atoms with E-state index in [1.165, 1.54) is 131 Å². The summed E-state index contributed by atoms with van der Waals surface area (Å²) in [5.41, 5.74) is 20.4. The first-order valence-electron chi connectivity index (χ1n) is 24.6. The summed E-state index contributed by atoms with van der Waals surface area (Å²) in [5.74, 6) is 0. The first-order valence-corrected chi connectivity index (χ1v) is 24.6. The van der Waals surface area contributed by atoms with Crippen LogP contribution in [-0.2, 0) is 44.2 Å². The molecule has 62 heavy (non-hydrogen) atoms. The lowest BCUT2D eigenvalue weighted by Crippen LogP contribution is -2.51. The Morgan fingerprint density at radius 3 is 1.53 bits per heavy atom. The number of aromatic nitrogens is 2. The van der Waals surface area contributed by atoms with E-state index in [2.05, 4.69) is 143 Å². The van der Waals surface area contributed by atoms with Gasteiger partial charge in [0.05, 0.1) is 5.41 Å². The highest BCUT2D eigenvalue weighted by atomic mass is 15.1. The minimum absolute atomic E-state index is 0.128. The Morgan fingerprint density at radius 2 is 1.08 bits per heavy atom. The number of para-hydroxylation sites is 2. The van der Waals surface area contributed by atoms with E-state index in [-0.39, 0.29) is 11.0 Å². The first kappa shape index (κ1) is 43.1. The Bertz CT molecular complexity index is 2240. The van der Waals surface area contributed by atoms with Gasteiger partial charge in [0.15, 0.2) is 0 Å². The van der Waals surface area contributed by atoms with Crippen molar-refractivity contribution in [2.75, 3.05) is 40.3 Å². The third kappa shape index (κ3) is 8.95. The molecule has 2 aromatic heterocycles. The summed E-state index contributed by atoms with van der Waals surface area (Å²) in [5, 5.41) is 2.82. The predicted molar refractivity (Wildman–Crippen MR) is 261 cm³/mol. The zero-order valence-corrected chi connectivity index (χ0v) is 38.3. The molecule has 0 radical (unpaired) electrons. The van der Waals surface area contributed by atoms with Crippen LogP contribution < -0.4 is 5.73 Å². The standard InChI is InChI=1S/C50H61N5.C6H13N/c1-4-5-26-49(53(2)3)27-29-50(30-28-49,47-43(41-18-10-12-20-45(41)51-47)24-33-54-31-22-37-14-6-8-16-39(37)35-54)48-44(42-19-11-13-21-46(42)52-48)25-34-55-32-23-38-15-7-9-17-40(38)36-55;7-6-4-2-1-3-5-6/h6-21,51-52H,4-5,22-36H2,1-3H3;6H,1-5,7H2. The Balaban J connectivity index is 0.000000639. The van der Waals surface area contributed by atoms with Crippen LogP contribution in [0.25, 0.3) is 21.8 Å². The highest BCUT2D eigenvalue weighted by molar-refractivity contribution is 5.88. The van der Waals surface area contributed by atoms with Crippen LogP contribution in [-0.4, -0.2) is 76.5 Å². The SMILES string of the molecule is CCCCC1(N(C)C)CCC(c2[nH]c3ccccc3c2CCN2CCc3ccccc3C2)(c2[nH]c3ccccc3c2CCN2CCc3ccccc3C2)CC1.NC1CCCCC1. The van der Waals surface area contributed by atoms with Gasteiger partial charge in [-0.05, 0) is 130 Å². The van der Waals surface area contributed by atoms with Gasteiger partial charge in [0.25, 0.3) is 0 Å². The van der Waals surface area contributed by atoms with Gasteiger partial charge in [-0.2, -0.15) is 0 Å². The van der Waals surface area contributed by atoms with Crippen molar-refractivity contribution in [2.45, 2.75) is 140 Å². The number of hydrogen-bond donors (Lipinski definition) is 3. The molecule has 6 aromatic rings. The van der Waals surface area contributed by atoms with Crippen molar-refractivity contribution in [3.63, 3.8) is 0 Å². The van der Waals surface area contributed by atoms with Crippen molar-refractivity contribution in [3.8, 4) is 0 Å². The second-order valence-corrected chi connectivity index (χ2v) is 19.8. The fraction of sp³-hybridized carbons (Fsp3) is 0.500. The molecule has 2 aliphatic carbocycles. The summed E-state index contributed by atoms with van der Waals surface area (Å²) in [6, 6.07) is 37.0. The highest BCUT2D eigenvalue weighted by Crippen LogP contribution is 2.53. The number of hydrogen-bond acceptors (Lipinski definition) is 4. The van der Waals surface area contributed by atoms with Gasteiger partial charge < -0.3 is 20.6 Å². The van der Waals surface area contributed by atoms with Gasteiger partial charge in [-0.1, -0.05) is 124 Å². The van der Waals surface area contributed by atoms with Gasteiger partial charge in [0.1, 0.15) is 0 Å². The number of fused-ring (bicyclic) bond motifs is 4. The maximum absolute atomic E-state index is 5.63. The summed E-state index contributed by atoms with van der Waals surface area (Å²) in [7, 11) is 4.69. The molecule has 6 heteroatoms. The Hall–Kier alpha value is -4.20. The van der Waals surface area contributed by atoms with Crippen LogP contribution in [0, 0.1) is 0 Å². The number of unbranched alkanes of at least 4 members (excludes halogenated alkanes) is 1. The Kier molecular flexibility index (Phi) is 13.4. The van der Waals surface area contributed by atoms with Crippen molar-refractivity contribution in [1.29, 1.82) is 0 Å². The second-order valence-electron chi connectivity index (χ2n) is 19.8. The van der Waals surface area contributed by atoms with E-state index >= 15 is 0 Å². The maximum atomic E-state index is 5.63. The van der Waals surface area contributed by atoms with Gasteiger partial charge in [-0.15, -0.1) is 0 Å². The van der Waals surface area contributed by atoms with Crippen LogP contribution in [0.2, 0.25) is 0 Å². The lowest BCUT2D eigenvalue weighted by molar-refractivity contribution is 0.0642. The Morgan fingerprint density at radius 1 is 0.613 bits per heavy atom. The monoisotopic (exact) mass is 831 g/mol. The van der Waals surface area contributed by atoms with Crippen molar-refractivity contribution < 1.29 is 0 Å². The van der Waals surface area contributed by atoms with E-state index < -0.39 is 0 Å². The van der Waals surface area contributed by atoms with E-state index in [0.717, 1.165) is 77.8 Å². The molecular weight excluding hydrogens is 757 g/mol. The molecule has 2 fully saturated rings. The molecule has 0 atom stereocenters. The number of nitrogens with one attached hydrogen (secondary N) is 2. The average molecular weight is 831 g/mol. The molecular formula is C56H74N6. The van der Waals surface area contributed by atoms with Crippen molar-refractivity contribution in [2.24, 2.45) is 5.73 Å². The van der Waals surface area contributed by atoms with E-state index in [9.17, 15) is 0 Å². The van der Waals surface area contributed by atoms with Gasteiger partial charge in [0, 0.05) is 84.0 Å². The lowest BCUT2D eigenvalue weighted by Gasteiger charge is -2.50.